The Morgan fingerprint density at radius 3 is 2.29 bits per heavy atom. The van der Waals surface area contributed by atoms with E-state index >= 15 is 0 Å². The highest BCUT2D eigenvalue weighted by molar-refractivity contribution is 6.27. The molecule has 0 fully saturated rings. The zero-order valence-corrected chi connectivity index (χ0v) is 11.1. The van der Waals surface area contributed by atoms with Crippen molar-refractivity contribution in [1.29, 1.82) is 0 Å². The molecule has 0 radical (unpaired) electrons. The molecule has 2 aromatic heterocycles. The van der Waals surface area contributed by atoms with Gasteiger partial charge in [-0.3, -0.25) is 9.97 Å². The maximum Gasteiger partial charge on any atom is 0.414 e. The molecule has 0 aromatic carbocycles. The van der Waals surface area contributed by atoms with Crippen molar-refractivity contribution < 1.29 is 19.8 Å². The number of nitrogens with one attached hydrogen (secondary N) is 1. The summed E-state index contributed by atoms with van der Waals surface area (Å²) in [5, 5.41) is 18.1. The molecule has 3 N–H and O–H groups in total. The van der Waals surface area contributed by atoms with Crippen molar-refractivity contribution in [2.24, 2.45) is 0 Å². The summed E-state index contributed by atoms with van der Waals surface area (Å²) < 4.78 is 0. The summed E-state index contributed by atoms with van der Waals surface area (Å²) in [6, 6.07) is 9.92. The van der Waals surface area contributed by atoms with Gasteiger partial charge < -0.3 is 15.5 Å². The van der Waals surface area contributed by atoms with Crippen LogP contribution in [0.1, 0.15) is 11.3 Å². The number of aliphatic carboxylic acids is 2. The first kappa shape index (κ1) is 16.3. The third-order valence-electron chi connectivity index (χ3n) is 2.27. The largest absolute Gasteiger partial charge is 0.473 e. The molecule has 7 heteroatoms. The van der Waals surface area contributed by atoms with Crippen molar-refractivity contribution in [2.75, 3.05) is 0 Å². The van der Waals surface area contributed by atoms with Crippen LogP contribution in [0.3, 0.4) is 0 Å². The predicted octanol–water partition coefficient (Wildman–Crippen LogP) is 0.922. The Kier molecular flexibility index (Phi) is 7.09. The first-order valence-electron chi connectivity index (χ1n) is 6.05. The molecule has 21 heavy (non-hydrogen) atoms. The van der Waals surface area contributed by atoms with Gasteiger partial charge in [-0.1, -0.05) is 12.1 Å². The molecule has 7 nitrogen and oxygen atoms in total. The smallest absolute Gasteiger partial charge is 0.414 e. The summed E-state index contributed by atoms with van der Waals surface area (Å²) in [6.45, 7) is 1.61. The van der Waals surface area contributed by atoms with Gasteiger partial charge in [0, 0.05) is 31.7 Å². The minimum absolute atomic E-state index is 0.787. The predicted molar refractivity (Wildman–Crippen MR) is 74.3 cm³/mol. The number of carboxylic acids is 2. The lowest BCUT2D eigenvalue weighted by atomic mass is 10.3. The highest BCUT2D eigenvalue weighted by atomic mass is 16.4. The highest BCUT2D eigenvalue weighted by Gasteiger charge is 2.04. The van der Waals surface area contributed by atoms with Crippen LogP contribution in [0.2, 0.25) is 0 Å². The molecular weight excluding hydrogens is 274 g/mol. The van der Waals surface area contributed by atoms with Crippen LogP contribution in [0.5, 0.6) is 0 Å². The lowest BCUT2D eigenvalue weighted by Crippen LogP contribution is -2.13. The molecule has 2 rings (SSSR count). The number of rotatable bonds is 4. The van der Waals surface area contributed by atoms with Gasteiger partial charge in [0.15, 0.2) is 0 Å². The van der Waals surface area contributed by atoms with E-state index in [1.807, 2.05) is 30.5 Å². The molecule has 0 saturated heterocycles. The van der Waals surface area contributed by atoms with Crippen molar-refractivity contribution in [3.8, 4) is 0 Å². The Morgan fingerprint density at radius 1 is 1.00 bits per heavy atom. The van der Waals surface area contributed by atoms with Crippen LogP contribution in [-0.2, 0) is 22.7 Å². The fourth-order valence-electron chi connectivity index (χ4n) is 1.34. The van der Waals surface area contributed by atoms with Crippen LogP contribution in [0.25, 0.3) is 0 Å². The van der Waals surface area contributed by atoms with Gasteiger partial charge in [0.2, 0.25) is 0 Å². The van der Waals surface area contributed by atoms with Crippen molar-refractivity contribution in [2.45, 2.75) is 13.1 Å². The van der Waals surface area contributed by atoms with E-state index in [-0.39, 0.29) is 0 Å². The summed E-state index contributed by atoms with van der Waals surface area (Å²) in [4.78, 5) is 26.5. The van der Waals surface area contributed by atoms with Gasteiger partial charge in [-0.15, -0.1) is 0 Å². The van der Waals surface area contributed by atoms with E-state index in [9.17, 15) is 0 Å². The molecule has 0 aliphatic rings. The van der Waals surface area contributed by atoms with Crippen LogP contribution >= 0.6 is 0 Å². The zero-order valence-electron chi connectivity index (χ0n) is 11.1. The van der Waals surface area contributed by atoms with Gasteiger partial charge >= 0.3 is 11.9 Å². The van der Waals surface area contributed by atoms with E-state index < -0.39 is 11.9 Å². The van der Waals surface area contributed by atoms with E-state index in [1.165, 1.54) is 5.56 Å². The summed E-state index contributed by atoms with van der Waals surface area (Å²) in [6.07, 6.45) is 5.45. The topological polar surface area (TPSA) is 112 Å². The van der Waals surface area contributed by atoms with Crippen molar-refractivity contribution in [1.82, 2.24) is 15.3 Å². The van der Waals surface area contributed by atoms with E-state index in [1.54, 1.807) is 12.4 Å². The Bertz CT molecular complexity index is 509. The first-order valence-corrected chi connectivity index (χ1v) is 6.05. The molecule has 0 aliphatic carbocycles. The normalized spacial score (nSPS) is 9.33. The van der Waals surface area contributed by atoms with Crippen LogP contribution in [0.15, 0.2) is 48.9 Å². The number of carbonyl (C=O) groups is 2. The molecule has 2 aromatic rings. The van der Waals surface area contributed by atoms with Gasteiger partial charge in [0.05, 0.1) is 5.69 Å². The van der Waals surface area contributed by atoms with E-state index in [2.05, 4.69) is 21.4 Å². The Hall–Kier alpha value is -2.80. The molecule has 2 heterocycles. The number of hydrogen-bond acceptors (Lipinski definition) is 5. The fraction of sp³-hybridized carbons (Fsp3) is 0.143. The number of nitrogens with zero attached hydrogens (tertiary/aromatic N) is 2. The summed E-state index contributed by atoms with van der Waals surface area (Å²) in [5.41, 5.74) is 2.25. The average molecular weight is 289 g/mol. The van der Waals surface area contributed by atoms with Crippen LogP contribution in [-0.4, -0.2) is 32.1 Å². The van der Waals surface area contributed by atoms with Gasteiger partial charge in [-0.05, 0) is 23.8 Å². The second-order valence-electron chi connectivity index (χ2n) is 3.90. The zero-order chi connectivity index (χ0) is 15.5. The van der Waals surface area contributed by atoms with E-state index in [0.717, 1.165) is 18.8 Å². The summed E-state index contributed by atoms with van der Waals surface area (Å²) in [5.74, 6) is -3.65. The van der Waals surface area contributed by atoms with E-state index in [0.29, 0.717) is 0 Å². The van der Waals surface area contributed by atoms with Crippen LogP contribution < -0.4 is 5.32 Å². The molecule has 0 atom stereocenters. The van der Waals surface area contributed by atoms with Gasteiger partial charge in [0.25, 0.3) is 0 Å². The quantitative estimate of drug-likeness (QED) is 0.717. The van der Waals surface area contributed by atoms with Crippen molar-refractivity contribution >= 4 is 11.9 Å². The van der Waals surface area contributed by atoms with Crippen LogP contribution in [0.4, 0.5) is 0 Å². The van der Waals surface area contributed by atoms with Gasteiger partial charge in [-0.25, -0.2) is 9.59 Å². The molecule has 0 aliphatic heterocycles. The third kappa shape index (κ3) is 7.38. The van der Waals surface area contributed by atoms with E-state index in [4.69, 9.17) is 19.8 Å². The second-order valence-corrected chi connectivity index (χ2v) is 3.90. The molecule has 0 spiro atoms. The molecular formula is C14H15N3O4. The molecule has 0 saturated carbocycles. The van der Waals surface area contributed by atoms with Gasteiger partial charge in [0.1, 0.15) is 0 Å². The van der Waals surface area contributed by atoms with Crippen molar-refractivity contribution in [3.63, 3.8) is 0 Å². The Morgan fingerprint density at radius 2 is 1.76 bits per heavy atom. The molecule has 110 valence electrons. The standard InChI is InChI=1S/C12H13N3.C2H2O4/c1-2-7-15-12(5-1)10-14-9-11-4-3-6-13-8-11;3-1(4)2(5)6/h1-8,14H,9-10H2;(H,3,4)(H,5,6). The number of carboxylic acid groups (broad SMARTS) is 2. The Labute approximate surface area is 121 Å². The molecule has 0 unspecified atom stereocenters. The Balaban J connectivity index is 0.000000315. The van der Waals surface area contributed by atoms with Crippen LogP contribution in [0, 0.1) is 0 Å². The summed E-state index contributed by atoms with van der Waals surface area (Å²) in [7, 11) is 0. The lowest BCUT2D eigenvalue weighted by Gasteiger charge is -2.03. The molecule has 0 bridgehead atoms. The van der Waals surface area contributed by atoms with Crippen molar-refractivity contribution in [3.05, 3.63) is 60.2 Å². The minimum Gasteiger partial charge on any atom is -0.473 e. The minimum atomic E-state index is -1.82. The fourth-order valence-corrected chi connectivity index (χ4v) is 1.34. The second kappa shape index (κ2) is 9.16. The number of hydrogen-bond donors (Lipinski definition) is 3. The maximum absolute atomic E-state index is 9.10. The number of aromatic nitrogens is 2. The molecule has 0 amide bonds. The number of pyridine rings is 2. The third-order valence-corrected chi connectivity index (χ3v) is 2.27. The average Bonchev–Trinajstić information content (AvgIpc) is 2.50. The SMILES string of the molecule is O=C(O)C(=O)O.c1ccc(CNCc2cccnc2)nc1. The first-order chi connectivity index (χ1) is 10.1. The maximum atomic E-state index is 9.10. The monoisotopic (exact) mass is 289 g/mol. The van der Waals surface area contributed by atoms with Gasteiger partial charge in [-0.2, -0.15) is 0 Å². The lowest BCUT2D eigenvalue weighted by molar-refractivity contribution is -0.159. The highest BCUT2D eigenvalue weighted by Crippen LogP contribution is 1.96. The summed E-state index contributed by atoms with van der Waals surface area (Å²) >= 11 is 0.